The van der Waals surface area contributed by atoms with E-state index in [2.05, 4.69) is 25.2 Å². The van der Waals surface area contributed by atoms with Crippen LogP contribution in [0.5, 0.6) is 0 Å². The zero-order chi connectivity index (χ0) is 18.9. The van der Waals surface area contributed by atoms with Gasteiger partial charge in [0.05, 0.1) is 12.3 Å². The van der Waals surface area contributed by atoms with Crippen LogP contribution >= 0.6 is 0 Å². The molecule has 0 spiro atoms. The van der Waals surface area contributed by atoms with E-state index in [1.165, 1.54) is 19.3 Å². The minimum atomic E-state index is -2.97. The van der Waals surface area contributed by atoms with Crippen LogP contribution in [0, 0.1) is 0 Å². The molecule has 26 heavy (non-hydrogen) atoms. The Morgan fingerprint density at radius 1 is 1.50 bits per heavy atom. The summed E-state index contributed by atoms with van der Waals surface area (Å²) in [6, 6.07) is 0. The molecule has 0 aromatic carbocycles. The summed E-state index contributed by atoms with van der Waals surface area (Å²) in [4.78, 5) is 3.61. The van der Waals surface area contributed by atoms with Gasteiger partial charge in [-0.05, 0) is 18.9 Å². The van der Waals surface area contributed by atoms with E-state index in [4.69, 9.17) is 4.74 Å². The fourth-order valence-electron chi connectivity index (χ4n) is 3.17. The van der Waals surface area contributed by atoms with Crippen molar-refractivity contribution in [1.29, 1.82) is 0 Å². The number of ether oxygens (including phenoxy) is 1. The number of rotatable bonds is 5. The topological polar surface area (TPSA) is 112 Å². The Hall–Kier alpha value is -1.76. The van der Waals surface area contributed by atoms with Crippen molar-refractivity contribution in [1.82, 2.24) is 20.2 Å². The predicted molar refractivity (Wildman–Crippen MR) is 87.1 cm³/mol. The Labute approximate surface area is 149 Å². The highest BCUT2D eigenvalue weighted by molar-refractivity contribution is 7.77. The molecule has 1 aliphatic carbocycles. The summed E-state index contributed by atoms with van der Waals surface area (Å²) in [5, 5.41) is 8.66. The van der Waals surface area contributed by atoms with Gasteiger partial charge in [0.15, 0.2) is 0 Å². The van der Waals surface area contributed by atoms with E-state index in [-0.39, 0.29) is 18.4 Å². The van der Waals surface area contributed by atoms with Crippen molar-refractivity contribution in [2.75, 3.05) is 0 Å². The first-order valence-corrected chi connectivity index (χ1v) is 8.93. The molecule has 2 aliphatic rings. The number of nitrogens with one attached hydrogen (secondary N) is 3. The molecule has 3 rings (SSSR count). The quantitative estimate of drug-likeness (QED) is 0.347. The molecule has 1 aromatic heterocycles. The van der Waals surface area contributed by atoms with Crippen LogP contribution in [-0.2, 0) is 16.0 Å². The Morgan fingerprint density at radius 2 is 2.27 bits per heavy atom. The molecule has 144 valence electrons. The Bertz CT molecular complexity index is 742. The lowest BCUT2D eigenvalue weighted by atomic mass is 9.80. The molecule has 0 radical (unpaired) electrons. The van der Waals surface area contributed by atoms with Gasteiger partial charge in [-0.3, -0.25) is 9.65 Å². The van der Waals surface area contributed by atoms with Gasteiger partial charge < -0.3 is 10.1 Å². The Morgan fingerprint density at radius 3 is 2.92 bits per heavy atom. The molecule has 1 aromatic rings. The lowest BCUT2D eigenvalue weighted by molar-refractivity contribution is -0.150. The largest absolute Gasteiger partial charge is 0.333 e. The third kappa shape index (κ3) is 3.98. The number of halogens is 3. The van der Waals surface area contributed by atoms with Crippen LogP contribution in [0.2, 0.25) is 0 Å². The Kier molecular flexibility index (Phi) is 5.19. The summed E-state index contributed by atoms with van der Waals surface area (Å²) in [5.41, 5.74) is 0.868. The molecule has 12 heteroatoms. The second-order valence-electron chi connectivity index (χ2n) is 6.26. The van der Waals surface area contributed by atoms with Gasteiger partial charge in [0.2, 0.25) is 11.3 Å². The van der Waals surface area contributed by atoms with Crippen LogP contribution in [0.1, 0.15) is 37.7 Å². The van der Waals surface area contributed by atoms with E-state index in [9.17, 15) is 21.9 Å². The summed E-state index contributed by atoms with van der Waals surface area (Å²) in [6.45, 7) is 1.47. The maximum Gasteiger partial charge on any atom is 0.286 e. The molecule has 1 saturated carbocycles. The zero-order valence-electron chi connectivity index (χ0n) is 13.7. The standard InChI is InChI=1S/C14H18F3N5O3S/c1-8-5-18-12(15)21-14(8,22-26(23)24)25-11-4-13(16,17)3-2-10(11)9-6-19-20-7-9/h5-7,10-11,22H,2-4H2,1H3,(H,18,21)(H,19,20)(H,23,24)/t10-,11+,14?/m1/s1. The van der Waals surface area contributed by atoms with E-state index in [0.717, 1.165) is 0 Å². The molecule has 0 bridgehead atoms. The normalized spacial score (nSPS) is 32.3. The first-order valence-electron chi connectivity index (χ1n) is 7.83. The number of hydrogen-bond acceptors (Lipinski definition) is 5. The first-order chi connectivity index (χ1) is 12.2. The number of hydrogen-bond donors (Lipinski definition) is 4. The van der Waals surface area contributed by atoms with Crippen molar-refractivity contribution in [3.05, 3.63) is 29.7 Å². The van der Waals surface area contributed by atoms with Crippen molar-refractivity contribution in [2.45, 2.75) is 50.0 Å². The number of alkyl halides is 2. The highest BCUT2D eigenvalue weighted by atomic mass is 32.2. The van der Waals surface area contributed by atoms with Gasteiger partial charge in [-0.25, -0.2) is 13.0 Å². The lowest BCUT2D eigenvalue weighted by Gasteiger charge is -2.41. The predicted octanol–water partition coefficient (Wildman–Crippen LogP) is 1.91. The summed E-state index contributed by atoms with van der Waals surface area (Å²) in [5.74, 6) is -5.51. The molecule has 4 atom stereocenters. The molecule has 1 fully saturated rings. The Balaban J connectivity index is 1.95. The van der Waals surface area contributed by atoms with Gasteiger partial charge in [0.25, 0.3) is 17.9 Å². The highest BCUT2D eigenvalue weighted by Crippen LogP contribution is 2.44. The van der Waals surface area contributed by atoms with Gasteiger partial charge >= 0.3 is 0 Å². The van der Waals surface area contributed by atoms with Crippen LogP contribution in [0.25, 0.3) is 0 Å². The maximum atomic E-state index is 14.0. The van der Waals surface area contributed by atoms with E-state index in [0.29, 0.717) is 5.56 Å². The molecule has 8 nitrogen and oxygen atoms in total. The number of aromatic nitrogens is 2. The smallest absolute Gasteiger partial charge is 0.286 e. The minimum Gasteiger partial charge on any atom is -0.333 e. The maximum absolute atomic E-state index is 14.0. The fraction of sp³-hybridized carbons (Fsp3) is 0.571. The van der Waals surface area contributed by atoms with Crippen LogP contribution < -0.4 is 10.0 Å². The highest BCUT2D eigenvalue weighted by Gasteiger charge is 2.48. The SMILES string of the molecule is CC1=CNC(F)=NC1(NS(=O)O)O[C@H]1CC(F)(F)CC[C@@H]1c1cn[nH]c1. The van der Waals surface area contributed by atoms with Crippen molar-refractivity contribution in [3.8, 4) is 0 Å². The van der Waals surface area contributed by atoms with E-state index in [1.54, 1.807) is 6.20 Å². The third-order valence-corrected chi connectivity index (χ3v) is 4.91. The number of amidine groups is 1. The number of aliphatic imine (C=N–C) groups is 1. The molecule has 2 heterocycles. The monoisotopic (exact) mass is 393 g/mol. The van der Waals surface area contributed by atoms with Crippen LogP contribution in [-0.4, -0.2) is 42.9 Å². The molecule has 4 N–H and O–H groups in total. The van der Waals surface area contributed by atoms with Crippen LogP contribution in [0.15, 0.2) is 29.2 Å². The molecule has 0 amide bonds. The fourth-order valence-corrected chi connectivity index (χ4v) is 3.66. The molecule has 2 unspecified atom stereocenters. The van der Waals surface area contributed by atoms with Crippen LogP contribution in [0.3, 0.4) is 0 Å². The van der Waals surface area contributed by atoms with Crippen molar-refractivity contribution >= 4 is 17.4 Å². The summed E-state index contributed by atoms with van der Waals surface area (Å²) < 4.78 is 70.2. The molecular formula is C14H18F3N5O3S. The van der Waals surface area contributed by atoms with Crippen molar-refractivity contribution < 1.29 is 26.7 Å². The molecule has 0 saturated heterocycles. The number of aromatic amines is 1. The zero-order valence-corrected chi connectivity index (χ0v) is 14.5. The third-order valence-electron chi connectivity index (χ3n) is 4.46. The average molecular weight is 393 g/mol. The summed E-state index contributed by atoms with van der Waals surface area (Å²) >= 11 is -2.63. The van der Waals surface area contributed by atoms with Crippen LogP contribution in [0.4, 0.5) is 13.2 Å². The number of H-pyrrole nitrogens is 1. The minimum absolute atomic E-state index is 0.114. The van der Waals surface area contributed by atoms with E-state index >= 15 is 0 Å². The second-order valence-corrected chi connectivity index (χ2v) is 6.97. The van der Waals surface area contributed by atoms with Crippen molar-refractivity contribution in [3.63, 3.8) is 0 Å². The first kappa shape index (κ1) is 19.0. The van der Waals surface area contributed by atoms with Gasteiger partial charge in [-0.2, -0.15) is 19.2 Å². The molecular weight excluding hydrogens is 375 g/mol. The summed E-state index contributed by atoms with van der Waals surface area (Å²) in [6.07, 6.45) is 1.25. The summed E-state index contributed by atoms with van der Waals surface area (Å²) in [7, 11) is 0. The van der Waals surface area contributed by atoms with Gasteiger partial charge in [-0.1, -0.05) is 0 Å². The lowest BCUT2D eigenvalue weighted by Crippen LogP contribution is -2.55. The van der Waals surface area contributed by atoms with Crippen molar-refractivity contribution in [2.24, 2.45) is 4.99 Å². The molecule has 1 aliphatic heterocycles. The van der Waals surface area contributed by atoms with Gasteiger partial charge in [0, 0.05) is 36.7 Å². The van der Waals surface area contributed by atoms with Gasteiger partial charge in [0.1, 0.15) is 0 Å². The van der Waals surface area contributed by atoms with E-state index in [1.807, 2.05) is 0 Å². The van der Waals surface area contributed by atoms with E-state index < -0.39 is 47.6 Å². The average Bonchev–Trinajstić information content (AvgIpc) is 3.04. The number of nitrogens with zero attached hydrogens (tertiary/aromatic N) is 2. The second kappa shape index (κ2) is 7.10. The van der Waals surface area contributed by atoms with Gasteiger partial charge in [-0.15, -0.1) is 0 Å².